The topological polar surface area (TPSA) is 104 Å². The zero-order chi connectivity index (χ0) is 23.3. The summed E-state index contributed by atoms with van der Waals surface area (Å²) in [5, 5.41) is 2.89. The number of anilines is 1. The Morgan fingerprint density at radius 1 is 1.16 bits per heavy atom. The molecule has 0 radical (unpaired) electrons. The Morgan fingerprint density at radius 2 is 1.88 bits per heavy atom. The van der Waals surface area contributed by atoms with Crippen LogP contribution in [0.5, 0.6) is 0 Å². The number of hydrogen-bond acceptors (Lipinski definition) is 7. The summed E-state index contributed by atoms with van der Waals surface area (Å²) in [7, 11) is 0. The molecule has 2 aromatic heterocycles. The number of thiophene rings is 1. The number of aromatic nitrogens is 1. The Hall–Kier alpha value is -2.94. The molecule has 1 amide bonds. The summed E-state index contributed by atoms with van der Waals surface area (Å²) in [5.74, 6) is -1.61. The first-order valence-electron chi connectivity index (χ1n) is 10.8. The van der Waals surface area contributed by atoms with Crippen LogP contribution in [-0.4, -0.2) is 35.1 Å². The highest BCUT2D eigenvalue weighted by Crippen LogP contribution is 2.35. The van der Waals surface area contributed by atoms with E-state index in [1.807, 2.05) is 0 Å². The molecular weight excluding hydrogens is 432 g/mol. The molecule has 0 saturated heterocycles. The third-order valence-corrected chi connectivity index (χ3v) is 6.60. The second-order valence-electron chi connectivity index (χ2n) is 7.82. The summed E-state index contributed by atoms with van der Waals surface area (Å²) >= 11 is 0.989. The number of carbonyl (C=O) groups is 3. The minimum Gasteiger partial charge on any atom is -0.462 e. The van der Waals surface area contributed by atoms with E-state index in [-0.39, 0.29) is 40.3 Å². The number of pyridine rings is 1. The van der Waals surface area contributed by atoms with Gasteiger partial charge in [-0.3, -0.25) is 9.59 Å². The molecule has 1 saturated carbocycles. The monoisotopic (exact) mass is 460 g/mol. The zero-order valence-corrected chi connectivity index (χ0v) is 19.4. The molecule has 9 heteroatoms. The van der Waals surface area contributed by atoms with E-state index in [2.05, 4.69) is 5.32 Å². The minimum absolute atomic E-state index is 0.130. The summed E-state index contributed by atoms with van der Waals surface area (Å²) in [6.07, 6.45) is 6.23. The lowest BCUT2D eigenvalue weighted by molar-refractivity contribution is -0.116. The number of amides is 1. The number of ether oxygens (including phenoxy) is 2. The van der Waals surface area contributed by atoms with Gasteiger partial charge in [0.25, 0.3) is 5.56 Å². The van der Waals surface area contributed by atoms with Crippen LogP contribution in [0.15, 0.2) is 23.1 Å². The van der Waals surface area contributed by atoms with E-state index in [0.29, 0.717) is 11.1 Å². The Bertz CT molecular complexity index is 1060. The van der Waals surface area contributed by atoms with Crippen molar-refractivity contribution in [3.8, 4) is 0 Å². The molecule has 3 rings (SSSR count). The molecule has 1 aliphatic rings. The quantitative estimate of drug-likeness (QED) is 0.630. The molecule has 1 aliphatic carbocycles. The predicted molar refractivity (Wildman–Crippen MR) is 121 cm³/mol. The second-order valence-corrected chi connectivity index (χ2v) is 8.84. The summed E-state index contributed by atoms with van der Waals surface area (Å²) in [6.45, 7) is 4.92. The van der Waals surface area contributed by atoms with Crippen LogP contribution in [0.25, 0.3) is 0 Å². The lowest BCUT2D eigenvalue weighted by Crippen LogP contribution is -2.28. The highest BCUT2D eigenvalue weighted by atomic mass is 32.1. The lowest BCUT2D eigenvalue weighted by atomic mass is 9.98. The van der Waals surface area contributed by atoms with Crippen LogP contribution in [-0.2, 0) is 20.8 Å². The highest BCUT2D eigenvalue weighted by molar-refractivity contribution is 7.18. The van der Waals surface area contributed by atoms with Crippen LogP contribution >= 0.6 is 11.3 Å². The van der Waals surface area contributed by atoms with Crippen molar-refractivity contribution in [2.24, 2.45) is 0 Å². The molecule has 2 aromatic rings. The van der Waals surface area contributed by atoms with Crippen molar-refractivity contribution >= 4 is 34.2 Å². The maximum absolute atomic E-state index is 12.8. The average molecular weight is 461 g/mol. The first-order chi connectivity index (χ1) is 15.3. The Kier molecular flexibility index (Phi) is 7.84. The van der Waals surface area contributed by atoms with Crippen molar-refractivity contribution in [1.29, 1.82) is 0 Å². The fourth-order valence-corrected chi connectivity index (χ4v) is 4.83. The van der Waals surface area contributed by atoms with Crippen molar-refractivity contribution in [3.05, 3.63) is 50.3 Å². The Labute approximate surface area is 190 Å². The van der Waals surface area contributed by atoms with E-state index in [9.17, 15) is 19.2 Å². The van der Waals surface area contributed by atoms with Crippen molar-refractivity contribution in [2.45, 2.75) is 65.5 Å². The standard InChI is InChI=1S/C23H28N2O6S/c1-4-30-22(28)18-15(3)19(23(29)31-16-10-6-5-7-11-16)32-20(18)24-17(26)13-25-12-8-9-14(2)21(25)27/h8-9,12,16H,4-7,10-11,13H2,1-3H3,(H,24,26). The van der Waals surface area contributed by atoms with Crippen LogP contribution in [0.4, 0.5) is 5.00 Å². The van der Waals surface area contributed by atoms with E-state index in [4.69, 9.17) is 9.47 Å². The van der Waals surface area contributed by atoms with Gasteiger partial charge in [-0.1, -0.05) is 12.5 Å². The SMILES string of the molecule is CCOC(=O)c1c(NC(=O)Cn2cccc(C)c2=O)sc(C(=O)OC2CCCCC2)c1C. The molecule has 0 atom stereocenters. The van der Waals surface area contributed by atoms with Gasteiger partial charge < -0.3 is 19.4 Å². The van der Waals surface area contributed by atoms with Crippen LogP contribution in [0, 0.1) is 13.8 Å². The number of hydrogen-bond donors (Lipinski definition) is 1. The summed E-state index contributed by atoms with van der Waals surface area (Å²) in [6, 6.07) is 3.35. The number of rotatable bonds is 7. The Morgan fingerprint density at radius 3 is 2.56 bits per heavy atom. The number of nitrogens with zero attached hydrogens (tertiary/aromatic N) is 1. The van der Waals surface area contributed by atoms with Crippen molar-refractivity contribution < 1.29 is 23.9 Å². The molecule has 32 heavy (non-hydrogen) atoms. The second kappa shape index (κ2) is 10.6. The normalized spacial score (nSPS) is 14.1. The molecule has 0 bridgehead atoms. The molecule has 0 spiro atoms. The fraction of sp³-hybridized carbons (Fsp3) is 0.478. The lowest BCUT2D eigenvalue weighted by Gasteiger charge is -2.21. The number of nitrogens with one attached hydrogen (secondary N) is 1. The summed E-state index contributed by atoms with van der Waals surface area (Å²) < 4.78 is 12.1. The Balaban J connectivity index is 1.84. The molecule has 1 N–H and O–H groups in total. The van der Waals surface area contributed by atoms with Gasteiger partial charge in [-0.15, -0.1) is 11.3 Å². The van der Waals surface area contributed by atoms with Gasteiger partial charge >= 0.3 is 11.9 Å². The van der Waals surface area contributed by atoms with Gasteiger partial charge in [-0.25, -0.2) is 9.59 Å². The zero-order valence-electron chi connectivity index (χ0n) is 18.6. The first kappa shape index (κ1) is 23.7. The third kappa shape index (κ3) is 5.45. The molecule has 0 aromatic carbocycles. The number of aryl methyl sites for hydroxylation is 1. The van der Waals surface area contributed by atoms with Crippen LogP contribution in [0.3, 0.4) is 0 Å². The third-order valence-electron chi connectivity index (χ3n) is 5.41. The minimum atomic E-state index is -0.624. The van der Waals surface area contributed by atoms with Gasteiger partial charge in [-0.2, -0.15) is 0 Å². The van der Waals surface area contributed by atoms with E-state index >= 15 is 0 Å². The maximum Gasteiger partial charge on any atom is 0.348 e. The molecular formula is C23H28N2O6S. The number of esters is 2. The highest BCUT2D eigenvalue weighted by Gasteiger charge is 2.29. The maximum atomic E-state index is 12.8. The molecule has 8 nitrogen and oxygen atoms in total. The smallest absolute Gasteiger partial charge is 0.348 e. The van der Waals surface area contributed by atoms with Gasteiger partial charge in [-0.05, 0) is 58.1 Å². The van der Waals surface area contributed by atoms with Gasteiger partial charge in [0.15, 0.2) is 0 Å². The van der Waals surface area contributed by atoms with E-state index in [0.717, 1.165) is 43.4 Å². The van der Waals surface area contributed by atoms with Crippen molar-refractivity contribution in [1.82, 2.24) is 4.57 Å². The molecule has 172 valence electrons. The largest absolute Gasteiger partial charge is 0.462 e. The average Bonchev–Trinajstić information content (AvgIpc) is 3.08. The summed E-state index contributed by atoms with van der Waals surface area (Å²) in [4.78, 5) is 50.5. The van der Waals surface area contributed by atoms with Crippen LogP contribution in [0.1, 0.15) is 70.2 Å². The van der Waals surface area contributed by atoms with E-state index in [1.54, 1.807) is 32.9 Å². The van der Waals surface area contributed by atoms with Crippen LogP contribution in [0.2, 0.25) is 0 Å². The van der Waals surface area contributed by atoms with Gasteiger partial charge in [0, 0.05) is 11.8 Å². The molecule has 0 unspecified atom stereocenters. The molecule has 0 aliphatic heterocycles. The van der Waals surface area contributed by atoms with Gasteiger partial charge in [0.05, 0.1) is 12.2 Å². The number of carbonyl (C=O) groups excluding carboxylic acids is 3. The molecule has 1 fully saturated rings. The van der Waals surface area contributed by atoms with E-state index < -0.39 is 17.8 Å². The molecule has 2 heterocycles. The first-order valence-corrected chi connectivity index (χ1v) is 11.6. The van der Waals surface area contributed by atoms with Gasteiger partial charge in [0.1, 0.15) is 22.5 Å². The van der Waals surface area contributed by atoms with E-state index in [1.165, 1.54) is 10.8 Å². The summed E-state index contributed by atoms with van der Waals surface area (Å²) in [5.41, 5.74) is 0.800. The van der Waals surface area contributed by atoms with Gasteiger partial charge in [0.2, 0.25) is 5.91 Å². The predicted octanol–water partition coefficient (Wildman–Crippen LogP) is 3.83. The van der Waals surface area contributed by atoms with Crippen molar-refractivity contribution in [3.63, 3.8) is 0 Å². The fourth-order valence-electron chi connectivity index (χ4n) is 3.74. The van der Waals surface area contributed by atoms with Crippen molar-refractivity contribution in [2.75, 3.05) is 11.9 Å². The van der Waals surface area contributed by atoms with Crippen LogP contribution < -0.4 is 10.9 Å².